The van der Waals surface area contributed by atoms with Gasteiger partial charge in [0, 0.05) is 11.1 Å². The molecule has 0 fully saturated rings. The molecule has 88 valence electrons. The van der Waals surface area contributed by atoms with E-state index in [-0.39, 0.29) is 12.3 Å². The third kappa shape index (κ3) is 2.24. The quantitative estimate of drug-likeness (QED) is 0.888. The second-order valence-corrected chi connectivity index (χ2v) is 4.56. The molecule has 0 radical (unpaired) electrons. The topological polar surface area (TPSA) is 56.0 Å². The van der Waals surface area contributed by atoms with Gasteiger partial charge in [-0.3, -0.25) is 9.78 Å². The number of rotatable bonds is 2. The largest absolute Gasteiger partial charge is 0.369 e. The fourth-order valence-electron chi connectivity index (χ4n) is 1.98. The number of benzene rings is 1. The second kappa shape index (κ2) is 4.34. The predicted octanol–water partition coefficient (Wildman–Crippen LogP) is 2.53. The number of aromatic nitrogens is 1. The van der Waals surface area contributed by atoms with Crippen molar-refractivity contribution in [2.75, 3.05) is 0 Å². The van der Waals surface area contributed by atoms with Gasteiger partial charge in [-0.05, 0) is 37.1 Å². The summed E-state index contributed by atoms with van der Waals surface area (Å²) in [6.45, 7) is 3.86. The molecule has 17 heavy (non-hydrogen) atoms. The van der Waals surface area contributed by atoms with Gasteiger partial charge in [-0.2, -0.15) is 0 Å². The van der Waals surface area contributed by atoms with Crippen molar-refractivity contribution < 1.29 is 4.79 Å². The number of halogens is 1. The molecule has 0 atom stereocenters. The molecule has 0 aliphatic rings. The summed E-state index contributed by atoms with van der Waals surface area (Å²) in [5, 5.41) is 1.44. The number of nitrogens with two attached hydrogens (primary N) is 1. The molecule has 0 saturated carbocycles. The highest BCUT2D eigenvalue weighted by Gasteiger charge is 2.11. The number of primary amides is 1. The Morgan fingerprint density at radius 3 is 2.76 bits per heavy atom. The van der Waals surface area contributed by atoms with Crippen LogP contribution in [-0.2, 0) is 11.2 Å². The Kier molecular flexibility index (Phi) is 3.03. The van der Waals surface area contributed by atoms with Gasteiger partial charge >= 0.3 is 0 Å². The summed E-state index contributed by atoms with van der Waals surface area (Å²) in [5.41, 5.74) is 8.83. The fourth-order valence-corrected chi connectivity index (χ4v) is 2.25. The molecule has 3 nitrogen and oxygen atoms in total. The normalized spacial score (nSPS) is 10.8. The van der Waals surface area contributed by atoms with Crippen LogP contribution in [0.3, 0.4) is 0 Å². The number of pyridine rings is 1. The average Bonchev–Trinajstić information content (AvgIpc) is 2.22. The van der Waals surface area contributed by atoms with Crippen LogP contribution < -0.4 is 5.73 Å². The Labute approximate surface area is 105 Å². The second-order valence-electron chi connectivity index (χ2n) is 4.15. The van der Waals surface area contributed by atoms with Crippen LogP contribution in [0.4, 0.5) is 0 Å². The third-order valence-electron chi connectivity index (χ3n) is 2.69. The molecule has 0 aliphatic heterocycles. The molecule has 0 saturated heterocycles. The van der Waals surface area contributed by atoms with E-state index in [9.17, 15) is 4.79 Å². The van der Waals surface area contributed by atoms with E-state index in [1.54, 1.807) is 0 Å². The van der Waals surface area contributed by atoms with Crippen molar-refractivity contribution in [3.05, 3.63) is 40.0 Å². The molecule has 1 heterocycles. The summed E-state index contributed by atoms with van der Waals surface area (Å²) in [6.07, 6.45) is 0.184. The van der Waals surface area contributed by atoms with Gasteiger partial charge in [0.1, 0.15) is 0 Å². The lowest BCUT2D eigenvalue weighted by atomic mass is 10.0. The zero-order valence-electron chi connectivity index (χ0n) is 9.75. The summed E-state index contributed by atoms with van der Waals surface area (Å²) in [6, 6.07) is 5.60. The van der Waals surface area contributed by atoms with E-state index >= 15 is 0 Å². The monoisotopic (exact) mass is 248 g/mol. The standard InChI is InChI=1S/C13H13ClN2O/c1-7-3-4-10(14)12-9(6-11(15)17)5-8(2)16-13(7)12/h3-5H,6H2,1-2H3,(H2,15,17). The summed E-state index contributed by atoms with van der Waals surface area (Å²) in [5.74, 6) is -0.366. The first-order valence-electron chi connectivity index (χ1n) is 5.32. The zero-order valence-corrected chi connectivity index (χ0v) is 10.5. The van der Waals surface area contributed by atoms with Crippen molar-refractivity contribution in [3.8, 4) is 0 Å². The highest BCUT2D eigenvalue weighted by molar-refractivity contribution is 6.35. The first kappa shape index (κ1) is 11.9. The number of amides is 1. The van der Waals surface area contributed by atoms with Gasteiger partial charge in [0.25, 0.3) is 0 Å². The number of fused-ring (bicyclic) bond motifs is 1. The number of hydrogen-bond donors (Lipinski definition) is 1. The van der Waals surface area contributed by atoms with E-state index < -0.39 is 0 Å². The van der Waals surface area contributed by atoms with Crippen molar-refractivity contribution in [2.45, 2.75) is 20.3 Å². The Balaban J connectivity index is 2.82. The molecule has 2 N–H and O–H groups in total. The van der Waals surface area contributed by atoms with Gasteiger partial charge in [0.05, 0.1) is 17.0 Å². The van der Waals surface area contributed by atoms with Gasteiger partial charge in [0.15, 0.2) is 0 Å². The lowest BCUT2D eigenvalue weighted by Crippen LogP contribution is -2.14. The zero-order chi connectivity index (χ0) is 12.6. The van der Waals surface area contributed by atoms with Crippen LogP contribution in [0, 0.1) is 13.8 Å². The maximum atomic E-state index is 11.1. The van der Waals surface area contributed by atoms with Crippen LogP contribution in [0.5, 0.6) is 0 Å². The van der Waals surface area contributed by atoms with E-state index in [4.69, 9.17) is 17.3 Å². The molecule has 0 bridgehead atoms. The predicted molar refractivity (Wildman–Crippen MR) is 69.1 cm³/mol. The van der Waals surface area contributed by atoms with Crippen LogP contribution in [0.25, 0.3) is 10.9 Å². The van der Waals surface area contributed by atoms with Gasteiger partial charge in [-0.1, -0.05) is 17.7 Å². The molecule has 2 aromatic rings. The third-order valence-corrected chi connectivity index (χ3v) is 3.00. The van der Waals surface area contributed by atoms with Crippen molar-refractivity contribution >= 4 is 28.4 Å². The molecule has 0 spiro atoms. The fraction of sp³-hybridized carbons (Fsp3) is 0.231. The number of carbonyl (C=O) groups is 1. The number of aryl methyl sites for hydroxylation is 2. The van der Waals surface area contributed by atoms with Gasteiger partial charge < -0.3 is 5.73 Å². The minimum Gasteiger partial charge on any atom is -0.369 e. The highest BCUT2D eigenvalue weighted by atomic mass is 35.5. The number of hydrogen-bond acceptors (Lipinski definition) is 2. The average molecular weight is 249 g/mol. The van der Waals surface area contributed by atoms with E-state index in [0.29, 0.717) is 5.02 Å². The number of nitrogens with zero attached hydrogens (tertiary/aromatic N) is 1. The van der Waals surface area contributed by atoms with Gasteiger partial charge in [-0.15, -0.1) is 0 Å². The Bertz CT molecular complexity index is 608. The molecule has 1 amide bonds. The molecular formula is C13H13ClN2O. The summed E-state index contributed by atoms with van der Waals surface area (Å²) in [7, 11) is 0. The lowest BCUT2D eigenvalue weighted by Gasteiger charge is -2.10. The van der Waals surface area contributed by atoms with Gasteiger partial charge in [0.2, 0.25) is 5.91 Å². The molecule has 0 aliphatic carbocycles. The Morgan fingerprint density at radius 2 is 2.12 bits per heavy atom. The lowest BCUT2D eigenvalue weighted by molar-refractivity contribution is -0.117. The maximum Gasteiger partial charge on any atom is 0.221 e. The van der Waals surface area contributed by atoms with E-state index in [0.717, 1.165) is 27.7 Å². The Hall–Kier alpha value is -1.61. The van der Waals surface area contributed by atoms with Crippen molar-refractivity contribution in [1.29, 1.82) is 0 Å². The Morgan fingerprint density at radius 1 is 1.41 bits per heavy atom. The molecule has 1 aromatic carbocycles. The molecular weight excluding hydrogens is 236 g/mol. The smallest absolute Gasteiger partial charge is 0.221 e. The van der Waals surface area contributed by atoms with Gasteiger partial charge in [-0.25, -0.2) is 0 Å². The molecule has 4 heteroatoms. The number of carbonyl (C=O) groups excluding carboxylic acids is 1. The maximum absolute atomic E-state index is 11.1. The highest BCUT2D eigenvalue weighted by Crippen LogP contribution is 2.29. The van der Waals surface area contributed by atoms with Crippen molar-refractivity contribution in [1.82, 2.24) is 4.98 Å². The van der Waals surface area contributed by atoms with Crippen LogP contribution in [0.15, 0.2) is 18.2 Å². The molecule has 1 aromatic heterocycles. The minimum absolute atomic E-state index is 0.184. The summed E-state index contributed by atoms with van der Waals surface area (Å²) >= 11 is 6.18. The first-order valence-corrected chi connectivity index (χ1v) is 5.70. The minimum atomic E-state index is -0.366. The summed E-state index contributed by atoms with van der Waals surface area (Å²) in [4.78, 5) is 15.5. The summed E-state index contributed by atoms with van der Waals surface area (Å²) < 4.78 is 0. The van der Waals surface area contributed by atoms with Crippen LogP contribution in [-0.4, -0.2) is 10.9 Å². The molecule has 0 unspecified atom stereocenters. The van der Waals surface area contributed by atoms with Crippen molar-refractivity contribution in [2.24, 2.45) is 5.73 Å². The van der Waals surface area contributed by atoms with Crippen molar-refractivity contribution in [3.63, 3.8) is 0 Å². The SMILES string of the molecule is Cc1cc(CC(N)=O)c2c(Cl)ccc(C)c2n1. The van der Waals surface area contributed by atoms with Crippen LogP contribution in [0.2, 0.25) is 5.02 Å². The van der Waals surface area contributed by atoms with E-state index in [1.807, 2.05) is 32.0 Å². The molecule has 2 rings (SSSR count). The van der Waals surface area contributed by atoms with Crippen LogP contribution in [0.1, 0.15) is 16.8 Å². The van der Waals surface area contributed by atoms with Crippen LogP contribution >= 0.6 is 11.6 Å². The first-order chi connectivity index (χ1) is 7.99. The van der Waals surface area contributed by atoms with E-state index in [2.05, 4.69) is 4.98 Å². The van der Waals surface area contributed by atoms with E-state index in [1.165, 1.54) is 0 Å².